The van der Waals surface area contributed by atoms with E-state index in [2.05, 4.69) is 27.2 Å². The maximum absolute atomic E-state index is 11.3. The standard InChI is InChI=1S/C14H14N6O/c1-2-3-11-14(20-7-6-16-19-20)18-10-5-4-9(13(15)21)8-12(10)17-11/h4-8H,2-3H2,1H3,(H2,15,21). The summed E-state index contributed by atoms with van der Waals surface area (Å²) in [5.41, 5.74) is 7.88. The largest absolute Gasteiger partial charge is 0.366 e. The monoisotopic (exact) mass is 282 g/mol. The maximum Gasteiger partial charge on any atom is 0.248 e. The Hall–Kier alpha value is -2.83. The first kappa shape index (κ1) is 13.2. The Balaban J connectivity index is 2.21. The number of carbonyl (C=O) groups excluding carboxylic acids is 1. The van der Waals surface area contributed by atoms with E-state index in [1.807, 2.05) is 0 Å². The molecule has 0 radical (unpaired) electrons. The highest BCUT2D eigenvalue weighted by molar-refractivity contribution is 5.96. The van der Waals surface area contributed by atoms with Crippen LogP contribution in [0.1, 0.15) is 29.4 Å². The molecule has 0 saturated carbocycles. The van der Waals surface area contributed by atoms with Gasteiger partial charge >= 0.3 is 0 Å². The van der Waals surface area contributed by atoms with Crippen molar-refractivity contribution in [2.45, 2.75) is 19.8 Å². The lowest BCUT2D eigenvalue weighted by Gasteiger charge is -2.09. The van der Waals surface area contributed by atoms with E-state index in [4.69, 9.17) is 5.73 Å². The number of carbonyl (C=O) groups is 1. The molecule has 2 aromatic heterocycles. The van der Waals surface area contributed by atoms with Gasteiger partial charge in [0, 0.05) is 5.56 Å². The van der Waals surface area contributed by atoms with Gasteiger partial charge in [-0.3, -0.25) is 4.79 Å². The van der Waals surface area contributed by atoms with E-state index in [1.54, 1.807) is 35.3 Å². The Morgan fingerprint density at radius 2 is 2.14 bits per heavy atom. The topological polar surface area (TPSA) is 99.6 Å². The number of primary amides is 1. The first-order valence-electron chi connectivity index (χ1n) is 6.66. The van der Waals surface area contributed by atoms with Crippen LogP contribution in [0.3, 0.4) is 0 Å². The predicted molar refractivity (Wildman–Crippen MR) is 77.0 cm³/mol. The fraction of sp³-hybridized carbons (Fsp3) is 0.214. The van der Waals surface area contributed by atoms with Crippen molar-refractivity contribution in [1.82, 2.24) is 25.0 Å². The average Bonchev–Trinajstić information content (AvgIpc) is 3.00. The Labute approximate surface area is 120 Å². The molecule has 0 aliphatic carbocycles. The SMILES string of the molecule is CCCc1nc2cc(C(N)=O)ccc2nc1-n1ccnn1. The zero-order valence-corrected chi connectivity index (χ0v) is 11.5. The molecule has 3 aromatic rings. The predicted octanol–water partition coefficient (Wildman–Crippen LogP) is 1.26. The molecule has 0 bridgehead atoms. The van der Waals surface area contributed by atoms with E-state index in [0.717, 1.165) is 18.5 Å². The van der Waals surface area contributed by atoms with Crippen molar-refractivity contribution in [3.05, 3.63) is 41.9 Å². The number of fused-ring (bicyclic) bond motifs is 1. The number of nitrogens with zero attached hydrogens (tertiary/aromatic N) is 5. The van der Waals surface area contributed by atoms with Crippen molar-refractivity contribution >= 4 is 16.9 Å². The number of aryl methyl sites for hydroxylation is 1. The number of rotatable bonds is 4. The number of aromatic nitrogens is 5. The molecule has 106 valence electrons. The van der Waals surface area contributed by atoms with Crippen molar-refractivity contribution in [1.29, 1.82) is 0 Å². The molecule has 7 heteroatoms. The molecule has 0 unspecified atom stereocenters. The summed E-state index contributed by atoms with van der Waals surface area (Å²) in [5.74, 6) is 0.185. The Morgan fingerprint density at radius 1 is 1.29 bits per heavy atom. The van der Waals surface area contributed by atoms with Crippen LogP contribution in [0, 0.1) is 0 Å². The van der Waals surface area contributed by atoms with Gasteiger partial charge in [-0.05, 0) is 24.6 Å². The van der Waals surface area contributed by atoms with Gasteiger partial charge in [0.25, 0.3) is 0 Å². The van der Waals surface area contributed by atoms with Crippen molar-refractivity contribution < 1.29 is 4.79 Å². The lowest BCUT2D eigenvalue weighted by Crippen LogP contribution is -2.11. The summed E-state index contributed by atoms with van der Waals surface area (Å²) in [7, 11) is 0. The van der Waals surface area contributed by atoms with Crippen molar-refractivity contribution in [2.75, 3.05) is 0 Å². The van der Waals surface area contributed by atoms with Gasteiger partial charge in [-0.2, -0.15) is 0 Å². The summed E-state index contributed by atoms with van der Waals surface area (Å²) in [6, 6.07) is 5.04. The van der Waals surface area contributed by atoms with Crippen LogP contribution >= 0.6 is 0 Å². The van der Waals surface area contributed by atoms with Gasteiger partial charge in [0.2, 0.25) is 5.91 Å². The van der Waals surface area contributed by atoms with Crippen LogP contribution in [-0.2, 0) is 6.42 Å². The zero-order chi connectivity index (χ0) is 14.8. The van der Waals surface area contributed by atoms with E-state index < -0.39 is 5.91 Å². The molecule has 21 heavy (non-hydrogen) atoms. The molecule has 0 aliphatic heterocycles. The molecule has 3 rings (SSSR count). The summed E-state index contributed by atoms with van der Waals surface area (Å²) in [6.45, 7) is 2.07. The lowest BCUT2D eigenvalue weighted by molar-refractivity contribution is 0.100. The second kappa shape index (κ2) is 5.28. The molecule has 0 atom stereocenters. The van der Waals surface area contributed by atoms with Crippen LogP contribution in [0.4, 0.5) is 0 Å². The van der Waals surface area contributed by atoms with Gasteiger partial charge in [-0.1, -0.05) is 18.6 Å². The van der Waals surface area contributed by atoms with Crippen LogP contribution < -0.4 is 5.73 Å². The minimum Gasteiger partial charge on any atom is -0.366 e. The smallest absolute Gasteiger partial charge is 0.248 e. The minimum atomic E-state index is -0.476. The van der Waals surface area contributed by atoms with Crippen LogP contribution in [0.5, 0.6) is 0 Å². The highest BCUT2D eigenvalue weighted by atomic mass is 16.1. The third-order valence-electron chi connectivity index (χ3n) is 3.13. The third-order valence-corrected chi connectivity index (χ3v) is 3.13. The summed E-state index contributed by atoms with van der Waals surface area (Å²) in [5, 5.41) is 7.77. The first-order valence-corrected chi connectivity index (χ1v) is 6.66. The molecular formula is C14H14N6O. The van der Waals surface area contributed by atoms with Crippen molar-refractivity contribution in [3.63, 3.8) is 0 Å². The fourth-order valence-electron chi connectivity index (χ4n) is 2.14. The Bertz CT molecular complexity index is 797. The molecule has 0 aliphatic rings. The molecule has 2 heterocycles. The second-order valence-corrected chi connectivity index (χ2v) is 4.66. The third kappa shape index (κ3) is 2.45. The van der Waals surface area contributed by atoms with Gasteiger partial charge in [0.1, 0.15) is 0 Å². The van der Waals surface area contributed by atoms with Crippen molar-refractivity contribution in [2.24, 2.45) is 5.73 Å². The number of benzene rings is 1. The van der Waals surface area contributed by atoms with Crippen LogP contribution in [0.15, 0.2) is 30.6 Å². The van der Waals surface area contributed by atoms with Crippen LogP contribution in [0.25, 0.3) is 16.9 Å². The Morgan fingerprint density at radius 3 is 2.81 bits per heavy atom. The lowest BCUT2D eigenvalue weighted by atomic mass is 10.1. The molecule has 7 nitrogen and oxygen atoms in total. The highest BCUT2D eigenvalue weighted by Crippen LogP contribution is 2.18. The molecule has 0 spiro atoms. The molecule has 0 saturated heterocycles. The number of amides is 1. The van der Waals surface area contributed by atoms with Gasteiger partial charge in [-0.25, -0.2) is 14.6 Å². The average molecular weight is 282 g/mol. The minimum absolute atomic E-state index is 0.424. The van der Waals surface area contributed by atoms with Crippen LogP contribution in [-0.4, -0.2) is 30.9 Å². The molecular weight excluding hydrogens is 268 g/mol. The van der Waals surface area contributed by atoms with Gasteiger partial charge in [-0.15, -0.1) is 5.10 Å². The summed E-state index contributed by atoms with van der Waals surface area (Å²) >= 11 is 0. The van der Waals surface area contributed by atoms with Crippen molar-refractivity contribution in [3.8, 4) is 5.82 Å². The molecule has 2 N–H and O–H groups in total. The molecule has 1 amide bonds. The van der Waals surface area contributed by atoms with Crippen LogP contribution in [0.2, 0.25) is 0 Å². The maximum atomic E-state index is 11.3. The normalized spacial score (nSPS) is 10.9. The number of nitrogens with two attached hydrogens (primary N) is 1. The summed E-state index contributed by atoms with van der Waals surface area (Å²) in [4.78, 5) is 20.4. The molecule has 0 fully saturated rings. The van der Waals surface area contributed by atoms with Gasteiger partial charge in [0.05, 0.1) is 29.1 Å². The van der Waals surface area contributed by atoms with E-state index >= 15 is 0 Å². The van der Waals surface area contributed by atoms with E-state index in [0.29, 0.717) is 22.4 Å². The number of hydrogen-bond acceptors (Lipinski definition) is 5. The number of hydrogen-bond donors (Lipinski definition) is 1. The Kier molecular flexibility index (Phi) is 3.31. The van der Waals surface area contributed by atoms with E-state index in [9.17, 15) is 4.79 Å². The van der Waals surface area contributed by atoms with Gasteiger partial charge in [0.15, 0.2) is 5.82 Å². The van der Waals surface area contributed by atoms with Gasteiger partial charge < -0.3 is 5.73 Å². The zero-order valence-electron chi connectivity index (χ0n) is 11.5. The summed E-state index contributed by atoms with van der Waals surface area (Å²) < 4.78 is 1.60. The molecule has 1 aromatic carbocycles. The fourth-order valence-corrected chi connectivity index (χ4v) is 2.14. The first-order chi connectivity index (χ1) is 10.2. The summed E-state index contributed by atoms with van der Waals surface area (Å²) in [6.07, 6.45) is 5.01. The van der Waals surface area contributed by atoms with E-state index in [-0.39, 0.29) is 0 Å². The highest BCUT2D eigenvalue weighted by Gasteiger charge is 2.12. The second-order valence-electron chi connectivity index (χ2n) is 4.66. The quantitative estimate of drug-likeness (QED) is 0.776. The van der Waals surface area contributed by atoms with E-state index in [1.165, 1.54) is 0 Å².